The summed E-state index contributed by atoms with van der Waals surface area (Å²) in [5.41, 5.74) is 28.2. The van der Waals surface area contributed by atoms with Gasteiger partial charge in [-0.05, 0) is 190 Å². The molecule has 2 atom stereocenters. The first kappa shape index (κ1) is 41.4. The maximum atomic E-state index is 2.80. The van der Waals surface area contributed by atoms with E-state index in [0.717, 1.165) is 6.42 Å². The number of benzene rings is 7. The molecule has 12 rings (SSSR count). The number of nitrogens with zero attached hydrogens (tertiary/aromatic N) is 3. The zero-order valence-electron chi connectivity index (χ0n) is 41.1. The highest BCUT2D eigenvalue weighted by Crippen LogP contribution is 2.62. The van der Waals surface area contributed by atoms with E-state index in [2.05, 4.69) is 218 Å². The van der Waals surface area contributed by atoms with Crippen molar-refractivity contribution in [2.45, 2.75) is 130 Å². The van der Waals surface area contributed by atoms with Gasteiger partial charge >= 0.3 is 0 Å². The van der Waals surface area contributed by atoms with Crippen molar-refractivity contribution in [1.29, 1.82) is 0 Å². The van der Waals surface area contributed by atoms with Crippen LogP contribution in [0.1, 0.15) is 126 Å². The minimum atomic E-state index is -0.0539. The van der Waals surface area contributed by atoms with Crippen LogP contribution in [0.3, 0.4) is 0 Å². The second-order valence-electron chi connectivity index (χ2n) is 23.2. The number of fused-ring (bicyclic) bond motifs is 10. The topological polar surface area (TPSA) is 9.72 Å². The molecule has 1 saturated carbocycles. The number of hydrogen-bond acceptors (Lipinski definition) is 3. The minimum absolute atomic E-state index is 0.00939. The molecule has 2 unspecified atom stereocenters. The maximum Gasteiger partial charge on any atom is 0.252 e. The Morgan fingerprint density at radius 3 is 1.85 bits per heavy atom. The molecule has 0 amide bonds. The lowest BCUT2D eigenvalue weighted by Crippen LogP contribution is -2.61. The van der Waals surface area contributed by atoms with Crippen molar-refractivity contribution >= 4 is 68.6 Å². The van der Waals surface area contributed by atoms with Crippen LogP contribution in [0.2, 0.25) is 0 Å². The predicted octanol–water partition coefficient (Wildman–Crippen LogP) is 14.6. The molecule has 330 valence electrons. The molecule has 4 heteroatoms. The molecule has 2 aliphatic carbocycles. The molecule has 0 N–H and O–H groups in total. The number of anilines is 8. The molecule has 66 heavy (non-hydrogen) atoms. The maximum absolute atomic E-state index is 2.80. The normalized spacial score (nSPS) is 20.0. The Morgan fingerprint density at radius 2 is 1.11 bits per heavy atom. The van der Waals surface area contributed by atoms with E-state index in [1.54, 1.807) is 5.56 Å². The van der Waals surface area contributed by atoms with Gasteiger partial charge in [0.05, 0.1) is 5.54 Å². The van der Waals surface area contributed by atoms with Gasteiger partial charge < -0.3 is 14.7 Å². The van der Waals surface area contributed by atoms with Crippen molar-refractivity contribution in [2.24, 2.45) is 0 Å². The molecule has 5 aliphatic rings. The summed E-state index contributed by atoms with van der Waals surface area (Å²) < 4.78 is 0. The molecular formula is C62H64BN3. The van der Waals surface area contributed by atoms with Crippen molar-refractivity contribution in [1.82, 2.24) is 0 Å². The van der Waals surface area contributed by atoms with Crippen LogP contribution in [-0.4, -0.2) is 12.3 Å². The monoisotopic (exact) mass is 862 g/mol. The molecule has 7 aromatic rings. The Hall–Kier alpha value is -6.00. The van der Waals surface area contributed by atoms with Crippen LogP contribution < -0.4 is 31.1 Å². The standard InChI is InChI=1S/C62H64BN3/c1-38-29-40(3)57-54(30-38)66(62(11)28-15-14-27-61(57,62)10)47-24-26-51-53(37-47)65(46-23-21-42-33-41-17-12-13-20-48(41)49(42)36-46)56-32-39(2)31-55-58(56)63(51)50-25-22-44(60(7,8)9)35-52(50)64(55)45-19-16-18-43(34-45)59(4,5)6/h12-13,16-26,29-32,34-37H,14-15,27-28,33H2,1-11H3. The highest BCUT2D eigenvalue weighted by molar-refractivity contribution is 7.00. The smallest absolute Gasteiger partial charge is 0.252 e. The average molecular weight is 862 g/mol. The zero-order valence-corrected chi connectivity index (χ0v) is 41.1. The van der Waals surface area contributed by atoms with E-state index >= 15 is 0 Å². The van der Waals surface area contributed by atoms with Gasteiger partial charge in [0.2, 0.25) is 0 Å². The second kappa shape index (κ2) is 14.0. The molecule has 0 aromatic heterocycles. The molecule has 0 bridgehead atoms. The van der Waals surface area contributed by atoms with Crippen molar-refractivity contribution in [3.05, 3.63) is 172 Å². The van der Waals surface area contributed by atoms with Crippen LogP contribution in [0.5, 0.6) is 0 Å². The summed E-state index contributed by atoms with van der Waals surface area (Å²) >= 11 is 0. The van der Waals surface area contributed by atoms with Crippen LogP contribution in [-0.2, 0) is 22.7 Å². The zero-order chi connectivity index (χ0) is 45.8. The number of aryl methyl sites for hydroxylation is 3. The fourth-order valence-corrected chi connectivity index (χ4v) is 13.4. The Kier molecular flexibility index (Phi) is 8.80. The van der Waals surface area contributed by atoms with Crippen molar-refractivity contribution in [2.75, 3.05) is 14.7 Å². The van der Waals surface area contributed by atoms with Crippen molar-refractivity contribution < 1.29 is 0 Å². The largest absolute Gasteiger partial charge is 0.334 e. The van der Waals surface area contributed by atoms with E-state index in [1.807, 2.05) is 0 Å². The van der Waals surface area contributed by atoms with Crippen LogP contribution in [0, 0.1) is 20.8 Å². The fourth-order valence-electron chi connectivity index (χ4n) is 13.4. The number of rotatable bonds is 3. The minimum Gasteiger partial charge on any atom is -0.334 e. The summed E-state index contributed by atoms with van der Waals surface area (Å²) in [7, 11) is 0. The molecule has 3 nitrogen and oxygen atoms in total. The third-order valence-electron chi connectivity index (χ3n) is 16.9. The van der Waals surface area contributed by atoms with Gasteiger partial charge in [-0.3, -0.25) is 0 Å². The van der Waals surface area contributed by atoms with Gasteiger partial charge in [-0.2, -0.15) is 0 Å². The second-order valence-corrected chi connectivity index (χ2v) is 23.2. The molecule has 0 spiro atoms. The molecule has 0 radical (unpaired) electrons. The Labute approximate surface area is 394 Å². The van der Waals surface area contributed by atoms with Crippen LogP contribution in [0.4, 0.5) is 45.5 Å². The Morgan fingerprint density at radius 1 is 0.500 bits per heavy atom. The van der Waals surface area contributed by atoms with Crippen LogP contribution >= 0.6 is 0 Å². The Balaban J connectivity index is 1.15. The highest BCUT2D eigenvalue weighted by Gasteiger charge is 2.58. The van der Waals surface area contributed by atoms with E-state index in [-0.39, 0.29) is 28.5 Å². The van der Waals surface area contributed by atoms with Gasteiger partial charge in [-0.15, -0.1) is 0 Å². The first-order valence-electron chi connectivity index (χ1n) is 24.7. The van der Waals surface area contributed by atoms with Gasteiger partial charge in [0.25, 0.3) is 6.71 Å². The van der Waals surface area contributed by atoms with Crippen LogP contribution in [0.25, 0.3) is 11.1 Å². The number of hydrogen-bond donors (Lipinski definition) is 0. The first-order chi connectivity index (χ1) is 31.4. The predicted molar refractivity (Wildman–Crippen MR) is 283 cm³/mol. The first-order valence-corrected chi connectivity index (χ1v) is 24.7. The van der Waals surface area contributed by atoms with Gasteiger partial charge in [0.1, 0.15) is 0 Å². The lowest BCUT2D eigenvalue weighted by molar-refractivity contribution is 0.194. The Bertz CT molecular complexity index is 3200. The van der Waals surface area contributed by atoms with E-state index in [4.69, 9.17) is 0 Å². The lowest BCUT2D eigenvalue weighted by atomic mass is 9.33. The molecule has 1 fully saturated rings. The van der Waals surface area contributed by atoms with Gasteiger partial charge in [0, 0.05) is 50.9 Å². The van der Waals surface area contributed by atoms with Crippen LogP contribution in [0.15, 0.2) is 127 Å². The summed E-state index contributed by atoms with van der Waals surface area (Å²) in [5, 5.41) is 0. The van der Waals surface area contributed by atoms with Gasteiger partial charge in [0.15, 0.2) is 0 Å². The van der Waals surface area contributed by atoms with E-state index in [1.165, 1.54) is 138 Å². The van der Waals surface area contributed by atoms with E-state index in [0.29, 0.717) is 0 Å². The van der Waals surface area contributed by atoms with Crippen molar-refractivity contribution in [3.8, 4) is 11.1 Å². The van der Waals surface area contributed by atoms with E-state index in [9.17, 15) is 0 Å². The SMILES string of the molecule is Cc1cc2c3c(c1)N(c1cccc(C(C)(C)C)c1)c1cc(C(C)(C)C)ccc1B3c1ccc(N3c4cc(C)cc(C)c4C4(C)CCCCC34C)cc1N2c1ccc2c(c1)-c1ccccc1C2. The third kappa shape index (κ3) is 5.82. The van der Waals surface area contributed by atoms with Gasteiger partial charge in [-0.1, -0.05) is 128 Å². The third-order valence-corrected chi connectivity index (χ3v) is 16.9. The summed E-state index contributed by atoms with van der Waals surface area (Å²) in [6.45, 7) is 26.2. The summed E-state index contributed by atoms with van der Waals surface area (Å²) in [6.07, 6.45) is 5.90. The molecule has 3 aliphatic heterocycles. The molecule has 7 aromatic carbocycles. The molecule has 3 heterocycles. The highest BCUT2D eigenvalue weighted by atomic mass is 15.3. The fraction of sp³-hybridized carbons (Fsp3) is 0.323. The average Bonchev–Trinajstić information content (AvgIpc) is 3.74. The summed E-state index contributed by atoms with van der Waals surface area (Å²) in [6, 6.07) is 50.6. The van der Waals surface area contributed by atoms with E-state index < -0.39 is 0 Å². The molecule has 0 saturated heterocycles. The summed E-state index contributed by atoms with van der Waals surface area (Å²) in [4.78, 5) is 8.06. The molecular weight excluding hydrogens is 798 g/mol. The lowest BCUT2D eigenvalue weighted by Gasteiger charge is -2.51. The quantitative estimate of drug-likeness (QED) is 0.164. The van der Waals surface area contributed by atoms with Crippen molar-refractivity contribution in [3.63, 3.8) is 0 Å². The van der Waals surface area contributed by atoms with Gasteiger partial charge in [-0.25, -0.2) is 0 Å². The summed E-state index contributed by atoms with van der Waals surface area (Å²) in [5.74, 6) is 0.